The molecule has 0 aromatic heterocycles. The zero-order valence-electron chi connectivity index (χ0n) is 9.01. The molecule has 0 saturated heterocycles. The second-order valence-electron chi connectivity index (χ2n) is 3.46. The first-order valence-electron chi connectivity index (χ1n) is 4.97. The van der Waals surface area contributed by atoms with Gasteiger partial charge in [-0.15, -0.1) is 11.6 Å². The highest BCUT2D eigenvalue weighted by molar-refractivity contribution is 7.92. The van der Waals surface area contributed by atoms with Crippen molar-refractivity contribution in [3.63, 3.8) is 0 Å². The number of alkyl halides is 1. The van der Waals surface area contributed by atoms with E-state index in [0.717, 1.165) is 0 Å². The third-order valence-corrected chi connectivity index (χ3v) is 3.67. The first-order chi connectivity index (χ1) is 7.94. The lowest BCUT2D eigenvalue weighted by atomic mass is 9.80. The number of nitrogens with one attached hydrogen (secondary N) is 1. The van der Waals surface area contributed by atoms with E-state index >= 15 is 0 Å². The molecule has 5 nitrogen and oxygen atoms in total. The van der Waals surface area contributed by atoms with Crippen molar-refractivity contribution in [1.29, 1.82) is 0 Å². The summed E-state index contributed by atoms with van der Waals surface area (Å²) in [6.07, 6.45) is 0.379. The van der Waals surface area contributed by atoms with Crippen LogP contribution in [0, 0.1) is 0 Å². The molecule has 0 saturated carbocycles. The van der Waals surface area contributed by atoms with Gasteiger partial charge in [0.2, 0.25) is 10.0 Å². The van der Waals surface area contributed by atoms with E-state index in [1.54, 1.807) is 0 Å². The highest BCUT2D eigenvalue weighted by Crippen LogP contribution is 2.08. The Balaban J connectivity index is 2.69. The van der Waals surface area contributed by atoms with Crippen LogP contribution in [0.1, 0.15) is 6.42 Å². The van der Waals surface area contributed by atoms with Crippen molar-refractivity contribution in [2.75, 3.05) is 16.4 Å². The van der Waals surface area contributed by atoms with Gasteiger partial charge in [0.25, 0.3) is 0 Å². The Kier molecular flexibility index (Phi) is 5.26. The van der Waals surface area contributed by atoms with Gasteiger partial charge in [0.1, 0.15) is 0 Å². The third-order valence-electron chi connectivity index (χ3n) is 2.03. The summed E-state index contributed by atoms with van der Waals surface area (Å²) in [5.41, 5.74) is 0.678. The van der Waals surface area contributed by atoms with Crippen LogP contribution in [0.15, 0.2) is 24.3 Å². The molecule has 0 unspecified atom stereocenters. The molecule has 0 amide bonds. The molecule has 0 aliphatic heterocycles. The summed E-state index contributed by atoms with van der Waals surface area (Å²) < 4.78 is 25.4. The van der Waals surface area contributed by atoms with Gasteiger partial charge in [0.15, 0.2) is 0 Å². The lowest BCUT2D eigenvalue weighted by Crippen LogP contribution is -2.29. The minimum Gasteiger partial charge on any atom is -0.423 e. The molecule has 94 valence electrons. The summed E-state index contributed by atoms with van der Waals surface area (Å²) >= 11 is 5.42. The topological polar surface area (TPSA) is 86.6 Å². The second-order valence-corrected chi connectivity index (χ2v) is 5.68. The summed E-state index contributed by atoms with van der Waals surface area (Å²) in [4.78, 5) is 0. The van der Waals surface area contributed by atoms with Crippen LogP contribution in [-0.4, -0.2) is 37.2 Å². The van der Waals surface area contributed by atoms with E-state index in [1.165, 1.54) is 24.3 Å². The van der Waals surface area contributed by atoms with Crippen LogP contribution in [-0.2, 0) is 10.0 Å². The van der Waals surface area contributed by atoms with Gasteiger partial charge in [-0.25, -0.2) is 8.42 Å². The van der Waals surface area contributed by atoms with Gasteiger partial charge in [0, 0.05) is 11.6 Å². The molecule has 0 radical (unpaired) electrons. The van der Waals surface area contributed by atoms with Gasteiger partial charge >= 0.3 is 7.12 Å². The normalized spacial score (nSPS) is 11.2. The highest BCUT2D eigenvalue weighted by atomic mass is 35.5. The molecule has 1 aromatic rings. The fraction of sp³-hybridized carbons (Fsp3) is 0.333. The Bertz CT molecular complexity index is 449. The van der Waals surface area contributed by atoms with Crippen LogP contribution >= 0.6 is 11.6 Å². The number of anilines is 1. The van der Waals surface area contributed by atoms with E-state index in [9.17, 15) is 8.42 Å². The van der Waals surface area contributed by atoms with Crippen molar-refractivity contribution >= 4 is 39.9 Å². The lowest BCUT2D eigenvalue weighted by molar-refractivity contribution is 0.426. The van der Waals surface area contributed by atoms with Crippen molar-refractivity contribution in [1.82, 2.24) is 0 Å². The van der Waals surface area contributed by atoms with Crippen molar-refractivity contribution in [2.24, 2.45) is 0 Å². The Morgan fingerprint density at radius 3 is 2.29 bits per heavy atom. The number of halogens is 1. The molecule has 8 heteroatoms. The summed E-state index contributed by atoms with van der Waals surface area (Å²) in [6.45, 7) is 0. The Morgan fingerprint density at radius 2 is 1.82 bits per heavy atom. The SMILES string of the molecule is O=S(=O)(CCCCl)Nc1ccc(B(O)O)cc1. The molecule has 1 aromatic carbocycles. The van der Waals surface area contributed by atoms with Gasteiger partial charge < -0.3 is 10.0 Å². The maximum absolute atomic E-state index is 11.5. The predicted molar refractivity (Wildman–Crippen MR) is 69.0 cm³/mol. The lowest BCUT2D eigenvalue weighted by Gasteiger charge is -2.07. The third kappa shape index (κ3) is 4.95. The van der Waals surface area contributed by atoms with Crippen molar-refractivity contribution in [3.05, 3.63) is 24.3 Å². The van der Waals surface area contributed by atoms with Gasteiger partial charge in [-0.3, -0.25) is 4.72 Å². The summed E-state index contributed by atoms with van der Waals surface area (Å²) in [7, 11) is -4.95. The average molecular weight is 278 g/mol. The summed E-state index contributed by atoms with van der Waals surface area (Å²) in [5.74, 6) is 0.247. The maximum Gasteiger partial charge on any atom is 0.488 e. The molecule has 0 spiro atoms. The number of sulfonamides is 1. The number of benzene rings is 1. The first-order valence-corrected chi connectivity index (χ1v) is 7.16. The van der Waals surface area contributed by atoms with Crippen molar-refractivity contribution in [2.45, 2.75) is 6.42 Å². The number of hydrogen-bond donors (Lipinski definition) is 3. The largest absolute Gasteiger partial charge is 0.488 e. The molecule has 0 fully saturated rings. The summed E-state index contributed by atoms with van der Waals surface area (Å²) in [5, 5.41) is 17.7. The first kappa shape index (κ1) is 14.3. The number of hydrogen-bond acceptors (Lipinski definition) is 4. The smallest absolute Gasteiger partial charge is 0.423 e. The molecule has 0 aliphatic carbocycles. The van der Waals surface area contributed by atoms with E-state index in [-0.39, 0.29) is 11.6 Å². The van der Waals surface area contributed by atoms with Crippen LogP contribution in [0.4, 0.5) is 5.69 Å². The van der Waals surface area contributed by atoms with Crippen LogP contribution in [0.2, 0.25) is 0 Å². The van der Waals surface area contributed by atoms with Gasteiger partial charge in [0.05, 0.1) is 5.75 Å². The van der Waals surface area contributed by atoms with E-state index < -0.39 is 17.1 Å². The molecular formula is C9H13BClNO4S. The van der Waals surface area contributed by atoms with E-state index in [4.69, 9.17) is 21.6 Å². The Hall–Kier alpha value is -0.755. The standard InChI is InChI=1S/C9H13BClNO4S/c11-6-1-7-17(15,16)12-9-4-2-8(3-5-9)10(13)14/h2-5,12-14H,1,6-7H2. The quantitative estimate of drug-likeness (QED) is 0.494. The molecule has 0 bridgehead atoms. The van der Waals surface area contributed by atoms with Crippen LogP contribution < -0.4 is 10.2 Å². The van der Waals surface area contributed by atoms with Crippen LogP contribution in [0.25, 0.3) is 0 Å². The molecule has 0 heterocycles. The predicted octanol–water partition coefficient (Wildman–Crippen LogP) is -0.263. The van der Waals surface area contributed by atoms with Crippen molar-refractivity contribution < 1.29 is 18.5 Å². The average Bonchev–Trinajstić information content (AvgIpc) is 2.26. The molecule has 3 N–H and O–H groups in total. The summed E-state index contributed by atoms with van der Waals surface area (Å²) in [6, 6.07) is 5.80. The van der Waals surface area contributed by atoms with E-state index in [1.807, 2.05) is 0 Å². The molecule has 17 heavy (non-hydrogen) atoms. The molecule has 1 rings (SSSR count). The number of rotatable bonds is 6. The Labute approximate surface area is 106 Å². The fourth-order valence-electron chi connectivity index (χ4n) is 1.20. The molecule has 0 aliphatic rings. The van der Waals surface area contributed by atoms with Gasteiger partial charge in [-0.2, -0.15) is 0 Å². The minimum absolute atomic E-state index is 0.0408. The molecule has 0 atom stereocenters. The minimum atomic E-state index is -3.39. The zero-order chi connectivity index (χ0) is 12.9. The van der Waals surface area contributed by atoms with E-state index in [2.05, 4.69) is 4.72 Å². The van der Waals surface area contributed by atoms with Crippen LogP contribution in [0.3, 0.4) is 0 Å². The monoisotopic (exact) mass is 277 g/mol. The second kappa shape index (κ2) is 6.25. The van der Waals surface area contributed by atoms with Gasteiger partial charge in [-0.05, 0) is 24.0 Å². The molecular weight excluding hydrogens is 264 g/mol. The maximum atomic E-state index is 11.5. The van der Waals surface area contributed by atoms with Crippen molar-refractivity contribution in [3.8, 4) is 0 Å². The fourth-order valence-corrected chi connectivity index (χ4v) is 2.61. The Morgan fingerprint density at radius 1 is 1.24 bits per heavy atom. The van der Waals surface area contributed by atoms with E-state index in [0.29, 0.717) is 17.6 Å². The highest BCUT2D eigenvalue weighted by Gasteiger charge is 2.12. The van der Waals surface area contributed by atoms with Crippen LogP contribution in [0.5, 0.6) is 0 Å². The zero-order valence-corrected chi connectivity index (χ0v) is 10.6. The van der Waals surface area contributed by atoms with Gasteiger partial charge in [-0.1, -0.05) is 12.1 Å².